The van der Waals surface area contributed by atoms with Gasteiger partial charge in [0.05, 0.1) is 0 Å². The van der Waals surface area contributed by atoms with Crippen LogP contribution in [-0.2, 0) is 9.47 Å². The summed E-state index contributed by atoms with van der Waals surface area (Å²) in [5, 5.41) is 0. The third-order valence-corrected chi connectivity index (χ3v) is 5.29. The zero-order chi connectivity index (χ0) is 13.7. The molecule has 0 aromatic carbocycles. The van der Waals surface area contributed by atoms with Gasteiger partial charge >= 0.3 is 0 Å². The molecule has 1 heterocycles. The van der Waals surface area contributed by atoms with Gasteiger partial charge in [0, 0.05) is 12.0 Å². The lowest BCUT2D eigenvalue weighted by Gasteiger charge is -2.58. The zero-order valence-corrected chi connectivity index (χ0v) is 11.3. The van der Waals surface area contributed by atoms with Crippen molar-refractivity contribution in [1.82, 2.24) is 0 Å². The molecule has 3 saturated carbocycles. The minimum absolute atomic E-state index is 0.327. The van der Waals surface area contributed by atoms with Gasteiger partial charge in [-0.15, -0.1) is 0 Å². The van der Waals surface area contributed by atoms with E-state index >= 15 is 0 Å². The maximum absolute atomic E-state index is 14.4. The Labute approximate surface area is 111 Å². The SMILES string of the molecule is CC12CCC(OC3CCCCO3)(CC1)C(F)C2(F)F. The molecule has 0 aromatic heterocycles. The van der Waals surface area contributed by atoms with E-state index in [9.17, 15) is 13.2 Å². The molecule has 4 fully saturated rings. The summed E-state index contributed by atoms with van der Waals surface area (Å²) in [6, 6.07) is 0. The second-order valence-corrected chi connectivity index (χ2v) is 6.52. The fraction of sp³-hybridized carbons (Fsp3) is 1.00. The van der Waals surface area contributed by atoms with Gasteiger partial charge in [-0.25, -0.2) is 13.2 Å². The highest BCUT2D eigenvalue weighted by atomic mass is 19.3. The van der Waals surface area contributed by atoms with Crippen molar-refractivity contribution in [3.05, 3.63) is 0 Å². The summed E-state index contributed by atoms with van der Waals surface area (Å²) in [7, 11) is 0. The summed E-state index contributed by atoms with van der Waals surface area (Å²) < 4.78 is 53.9. The van der Waals surface area contributed by atoms with Gasteiger partial charge < -0.3 is 9.47 Å². The van der Waals surface area contributed by atoms with E-state index in [0.29, 0.717) is 38.7 Å². The van der Waals surface area contributed by atoms with Gasteiger partial charge in [-0.05, 0) is 44.9 Å². The van der Waals surface area contributed by atoms with Crippen LogP contribution in [0.15, 0.2) is 0 Å². The normalized spacial score (nSPS) is 49.3. The lowest BCUT2D eigenvalue weighted by molar-refractivity contribution is -0.333. The van der Waals surface area contributed by atoms with Crippen LogP contribution in [0.1, 0.15) is 51.9 Å². The Morgan fingerprint density at radius 1 is 1.11 bits per heavy atom. The molecule has 1 aliphatic heterocycles. The number of ether oxygens (including phenoxy) is 2. The first-order valence-corrected chi connectivity index (χ1v) is 7.21. The van der Waals surface area contributed by atoms with E-state index in [2.05, 4.69) is 0 Å². The molecule has 4 rings (SSSR count). The average molecular weight is 278 g/mol. The number of hydrogen-bond donors (Lipinski definition) is 0. The van der Waals surface area contributed by atoms with Gasteiger partial charge in [0.2, 0.25) is 0 Å². The second-order valence-electron chi connectivity index (χ2n) is 6.52. The highest BCUT2D eigenvalue weighted by Crippen LogP contribution is 2.62. The molecule has 1 saturated heterocycles. The molecule has 19 heavy (non-hydrogen) atoms. The van der Waals surface area contributed by atoms with E-state index in [0.717, 1.165) is 12.8 Å². The van der Waals surface area contributed by atoms with E-state index in [1.807, 2.05) is 0 Å². The van der Waals surface area contributed by atoms with Crippen molar-refractivity contribution in [2.24, 2.45) is 5.41 Å². The molecule has 110 valence electrons. The van der Waals surface area contributed by atoms with E-state index in [4.69, 9.17) is 9.47 Å². The van der Waals surface area contributed by atoms with Gasteiger partial charge in [-0.2, -0.15) is 0 Å². The maximum Gasteiger partial charge on any atom is 0.286 e. The Kier molecular flexibility index (Phi) is 3.13. The van der Waals surface area contributed by atoms with Crippen molar-refractivity contribution in [3.8, 4) is 0 Å². The predicted octanol–water partition coefficient (Wildman–Crippen LogP) is 3.84. The summed E-state index contributed by atoms with van der Waals surface area (Å²) >= 11 is 0. The third-order valence-electron chi connectivity index (χ3n) is 5.29. The minimum Gasteiger partial charge on any atom is -0.353 e. The Morgan fingerprint density at radius 3 is 2.37 bits per heavy atom. The lowest BCUT2D eigenvalue weighted by Crippen LogP contribution is -2.67. The third kappa shape index (κ3) is 1.92. The molecule has 2 atom stereocenters. The van der Waals surface area contributed by atoms with Crippen LogP contribution in [0.3, 0.4) is 0 Å². The van der Waals surface area contributed by atoms with Gasteiger partial charge in [0.1, 0.15) is 5.60 Å². The van der Waals surface area contributed by atoms with Crippen LogP contribution in [0, 0.1) is 5.41 Å². The first-order valence-electron chi connectivity index (χ1n) is 7.21. The first-order chi connectivity index (χ1) is 8.90. The molecule has 2 bridgehead atoms. The van der Waals surface area contributed by atoms with Crippen molar-refractivity contribution in [2.45, 2.75) is 75.9 Å². The Hall–Kier alpha value is -0.290. The van der Waals surface area contributed by atoms with Crippen molar-refractivity contribution >= 4 is 0 Å². The molecule has 0 N–H and O–H groups in total. The number of halogens is 3. The molecule has 5 heteroatoms. The highest BCUT2D eigenvalue weighted by Gasteiger charge is 2.71. The van der Waals surface area contributed by atoms with Crippen LogP contribution in [0.4, 0.5) is 13.2 Å². The van der Waals surface area contributed by atoms with Gasteiger partial charge in [-0.3, -0.25) is 0 Å². The van der Waals surface area contributed by atoms with Crippen LogP contribution in [0.2, 0.25) is 0 Å². The van der Waals surface area contributed by atoms with Gasteiger partial charge in [0.15, 0.2) is 12.5 Å². The van der Waals surface area contributed by atoms with Crippen LogP contribution < -0.4 is 0 Å². The summed E-state index contributed by atoms with van der Waals surface area (Å²) in [5.41, 5.74) is -2.53. The van der Waals surface area contributed by atoms with Crippen molar-refractivity contribution in [3.63, 3.8) is 0 Å². The van der Waals surface area contributed by atoms with Crippen LogP contribution >= 0.6 is 0 Å². The first kappa shape index (κ1) is 13.7. The zero-order valence-electron chi connectivity index (χ0n) is 11.3. The number of hydrogen-bond acceptors (Lipinski definition) is 2. The van der Waals surface area contributed by atoms with E-state index in [1.54, 1.807) is 0 Å². The average Bonchev–Trinajstić information content (AvgIpc) is 2.40. The van der Waals surface area contributed by atoms with Crippen LogP contribution in [0.5, 0.6) is 0 Å². The molecular weight excluding hydrogens is 257 g/mol. The molecule has 3 aliphatic carbocycles. The molecule has 2 nitrogen and oxygen atoms in total. The molecule has 4 aliphatic rings. The number of fused-ring (bicyclic) bond motifs is 3. The van der Waals surface area contributed by atoms with Crippen molar-refractivity contribution < 1.29 is 22.6 Å². The molecule has 0 radical (unpaired) electrons. The van der Waals surface area contributed by atoms with E-state index in [-0.39, 0.29) is 0 Å². The summed E-state index contributed by atoms with van der Waals surface area (Å²) in [6.45, 7) is 2.07. The molecule has 2 unspecified atom stereocenters. The van der Waals surface area contributed by atoms with Crippen molar-refractivity contribution in [2.75, 3.05) is 6.61 Å². The Balaban J connectivity index is 1.79. The van der Waals surface area contributed by atoms with Gasteiger partial charge in [-0.1, -0.05) is 6.92 Å². The monoisotopic (exact) mass is 278 g/mol. The predicted molar refractivity (Wildman–Crippen MR) is 63.8 cm³/mol. The lowest BCUT2D eigenvalue weighted by atomic mass is 9.56. The standard InChI is InChI=1S/C14H21F3O2/c1-12-5-7-13(8-6-12,11(15)14(12,16)17)19-10-4-2-3-9-18-10/h10-11H,2-9H2,1H3. The Morgan fingerprint density at radius 2 is 1.79 bits per heavy atom. The second kappa shape index (κ2) is 4.35. The quantitative estimate of drug-likeness (QED) is 0.764. The fourth-order valence-corrected chi connectivity index (χ4v) is 3.69. The summed E-state index contributed by atoms with van der Waals surface area (Å²) in [4.78, 5) is 0. The fourth-order valence-electron chi connectivity index (χ4n) is 3.69. The summed E-state index contributed by atoms with van der Waals surface area (Å²) in [6.07, 6.45) is 1.27. The van der Waals surface area contributed by atoms with Gasteiger partial charge in [0.25, 0.3) is 5.92 Å². The molecule has 0 aromatic rings. The number of rotatable bonds is 2. The molecule has 0 spiro atoms. The highest BCUT2D eigenvalue weighted by molar-refractivity contribution is 5.14. The molecular formula is C14H21F3O2. The van der Waals surface area contributed by atoms with Crippen LogP contribution in [-0.4, -0.2) is 30.6 Å². The summed E-state index contributed by atoms with van der Waals surface area (Å²) in [5.74, 6) is -3.29. The maximum atomic E-state index is 14.4. The van der Waals surface area contributed by atoms with E-state index in [1.165, 1.54) is 6.92 Å². The molecule has 0 amide bonds. The van der Waals surface area contributed by atoms with Crippen LogP contribution in [0.25, 0.3) is 0 Å². The van der Waals surface area contributed by atoms with E-state index < -0.39 is 29.4 Å². The Bertz CT molecular complexity index is 345. The largest absolute Gasteiger partial charge is 0.353 e. The minimum atomic E-state index is -3.29. The number of alkyl halides is 3. The smallest absolute Gasteiger partial charge is 0.286 e. The van der Waals surface area contributed by atoms with Crippen molar-refractivity contribution in [1.29, 1.82) is 0 Å². The topological polar surface area (TPSA) is 18.5 Å².